The average molecular weight is 703 g/mol. The molecule has 3 aliphatic heterocycles. The number of thiazole rings is 1. The van der Waals surface area contributed by atoms with Crippen molar-refractivity contribution >= 4 is 46.4 Å². The Morgan fingerprint density at radius 2 is 1.88 bits per heavy atom. The number of carboxylic acid groups (broad SMARTS) is 1. The van der Waals surface area contributed by atoms with Gasteiger partial charge >= 0.3 is 18.2 Å². The van der Waals surface area contributed by atoms with Gasteiger partial charge < -0.3 is 40.3 Å². The predicted molar refractivity (Wildman–Crippen MR) is 182 cm³/mol. The lowest BCUT2D eigenvalue weighted by Gasteiger charge is -2.30. The molecule has 4 aliphatic rings. The largest absolute Gasteiger partial charge is 0.479 e. The zero-order chi connectivity index (χ0) is 35.7. The number of hydrogen-bond donors (Lipinski definition) is 4. The third kappa shape index (κ3) is 9.03. The van der Waals surface area contributed by atoms with Gasteiger partial charge in [-0.25, -0.2) is 19.4 Å². The van der Waals surface area contributed by atoms with E-state index >= 15 is 0 Å². The normalized spacial score (nSPS) is 28.4. The molecule has 4 N–H and O–H groups in total. The second-order valence-corrected chi connectivity index (χ2v) is 16.6. The molecule has 5 atom stereocenters. The molecule has 0 unspecified atom stereocenters. The van der Waals surface area contributed by atoms with Crippen molar-refractivity contribution in [2.45, 2.75) is 134 Å². The second kappa shape index (κ2) is 14.2. The zero-order valence-electron chi connectivity index (χ0n) is 29.3. The number of amides is 4. The molecule has 0 radical (unpaired) electrons. The summed E-state index contributed by atoms with van der Waals surface area (Å²) in [4.78, 5) is 75.2. The molecule has 1 aliphatic carbocycles. The van der Waals surface area contributed by atoms with Crippen LogP contribution in [0.3, 0.4) is 0 Å². The minimum atomic E-state index is -1.47. The van der Waals surface area contributed by atoms with Gasteiger partial charge in [0.25, 0.3) is 0 Å². The van der Waals surface area contributed by atoms with E-state index in [4.69, 9.17) is 14.5 Å². The number of carboxylic acids is 1. The van der Waals surface area contributed by atoms with Gasteiger partial charge in [0, 0.05) is 35.7 Å². The van der Waals surface area contributed by atoms with Gasteiger partial charge in [0.15, 0.2) is 5.13 Å². The number of fused-ring (bicyclic) bond motifs is 3. The van der Waals surface area contributed by atoms with Gasteiger partial charge in [-0.1, -0.05) is 36.3 Å². The molecule has 4 amide bonds. The summed E-state index contributed by atoms with van der Waals surface area (Å²) in [5, 5.41) is 19.7. The summed E-state index contributed by atoms with van der Waals surface area (Å²) in [5.41, 5.74) is -1.48. The topological polar surface area (TPSA) is 179 Å². The van der Waals surface area contributed by atoms with Crippen LogP contribution in [0.25, 0.3) is 0 Å². The number of carbonyl (C=O) groups is 5. The number of ether oxygens (including phenoxy) is 2. The maximum atomic E-state index is 14.2. The van der Waals surface area contributed by atoms with Crippen LogP contribution < -0.4 is 16.0 Å². The van der Waals surface area contributed by atoms with Crippen molar-refractivity contribution in [2.75, 3.05) is 18.4 Å². The van der Waals surface area contributed by atoms with Gasteiger partial charge in [-0.15, -0.1) is 0 Å². The Morgan fingerprint density at radius 3 is 2.57 bits per heavy atom. The first-order valence-corrected chi connectivity index (χ1v) is 18.0. The first kappa shape index (κ1) is 36.4. The van der Waals surface area contributed by atoms with Gasteiger partial charge in [-0.05, 0) is 67.2 Å². The lowest BCUT2D eigenvalue weighted by molar-refractivity contribution is -0.145. The highest BCUT2D eigenvalue weighted by Crippen LogP contribution is 2.45. The fourth-order valence-electron chi connectivity index (χ4n) is 6.54. The molecule has 1 saturated heterocycles. The maximum Gasteiger partial charge on any atom is 0.410 e. The fourth-order valence-corrected chi connectivity index (χ4v) is 7.77. The minimum Gasteiger partial charge on any atom is -0.479 e. The van der Waals surface area contributed by atoms with E-state index in [1.807, 2.05) is 12.2 Å². The monoisotopic (exact) mass is 702 g/mol. The number of allylic oxidation sites excluding steroid dienone is 1. The Morgan fingerprint density at radius 1 is 1.12 bits per heavy atom. The van der Waals surface area contributed by atoms with E-state index in [0.29, 0.717) is 32.4 Å². The Labute approximate surface area is 291 Å². The Kier molecular flexibility index (Phi) is 10.5. The van der Waals surface area contributed by atoms with Crippen LogP contribution in [0.5, 0.6) is 0 Å². The third-order valence-corrected chi connectivity index (χ3v) is 10.0. The number of hydrogen-bond acceptors (Lipinski definition) is 10. The summed E-state index contributed by atoms with van der Waals surface area (Å²) in [5.74, 6) is -2.66. The molecule has 1 saturated carbocycles. The maximum absolute atomic E-state index is 14.2. The van der Waals surface area contributed by atoms with Crippen LogP contribution in [0.4, 0.5) is 14.7 Å². The first-order chi connectivity index (χ1) is 22.9. The van der Waals surface area contributed by atoms with Crippen LogP contribution in [0, 0.1) is 5.92 Å². The molecule has 0 bridgehead atoms. The molecular weight excluding hydrogens is 652 g/mol. The number of alkyl carbamates (subject to hydrolysis) is 1. The molecule has 49 heavy (non-hydrogen) atoms. The van der Waals surface area contributed by atoms with E-state index in [1.54, 1.807) is 25.7 Å². The van der Waals surface area contributed by atoms with Crippen molar-refractivity contribution in [1.29, 1.82) is 0 Å². The molecule has 15 heteroatoms. The van der Waals surface area contributed by atoms with E-state index < -0.39 is 59.3 Å². The third-order valence-electron chi connectivity index (χ3n) is 9.05. The van der Waals surface area contributed by atoms with E-state index in [1.165, 1.54) is 16.2 Å². The van der Waals surface area contributed by atoms with Crippen LogP contribution in [0.1, 0.15) is 97.1 Å². The Bertz CT molecular complexity index is 1480. The second-order valence-electron chi connectivity index (χ2n) is 15.5. The Hall–Kier alpha value is -3.88. The number of carbonyl (C=O) groups excluding carboxylic acids is 4. The molecule has 5 rings (SSSR count). The van der Waals surface area contributed by atoms with E-state index in [-0.39, 0.29) is 30.8 Å². The standard InChI is InChI=1S/C34H50N6O8S/c1-32(2,3)38-29-35-22-14-15-39(19-25(22)49-29)31(46)47-21-16-24-26(41)37-34(28(43)44)17-20(34)12-10-8-7-9-11-13-23(27(42)40(24)18-21)36-30(45)48-33(4,5)6/h10,12,20-21,23-24H,7-9,11,13-19H2,1-6H3,(H,35,38)(H,36,45)(H,37,41)(H,43,44)/b12-10+/t20-,21-,23+,24+,34-/m1/s1. The SMILES string of the molecule is CC(C)(C)Nc1nc2c(s1)CN(C(=O)O[C@@H]1C[C@H]3C(=O)N[C@]4(C(=O)O)C[C@H]4/C=C/CCCCC[C@H](NC(=O)OC(C)(C)C)C(=O)N3C1)CC2. The zero-order valence-corrected chi connectivity index (χ0v) is 30.1. The lowest BCUT2D eigenvalue weighted by atomic mass is 10.0. The molecule has 1 aromatic heterocycles. The summed E-state index contributed by atoms with van der Waals surface area (Å²) in [6.45, 7) is 12.0. The molecule has 4 heterocycles. The van der Waals surface area contributed by atoms with E-state index in [9.17, 15) is 29.1 Å². The molecule has 0 spiro atoms. The number of nitrogens with one attached hydrogen (secondary N) is 3. The van der Waals surface area contributed by atoms with Gasteiger partial charge in [0.2, 0.25) is 11.8 Å². The summed E-state index contributed by atoms with van der Waals surface area (Å²) < 4.78 is 11.4. The highest BCUT2D eigenvalue weighted by molar-refractivity contribution is 7.15. The number of rotatable bonds is 4. The van der Waals surface area contributed by atoms with Crippen molar-refractivity contribution in [1.82, 2.24) is 25.4 Å². The number of aliphatic carboxylic acids is 1. The van der Waals surface area contributed by atoms with Crippen LogP contribution in [0.15, 0.2) is 12.2 Å². The van der Waals surface area contributed by atoms with Crippen LogP contribution >= 0.6 is 11.3 Å². The van der Waals surface area contributed by atoms with Gasteiger partial charge in [-0.3, -0.25) is 9.59 Å². The molecular formula is C34H50N6O8S. The Balaban J connectivity index is 1.34. The van der Waals surface area contributed by atoms with Gasteiger partial charge in [-0.2, -0.15) is 0 Å². The van der Waals surface area contributed by atoms with Gasteiger partial charge in [0.05, 0.1) is 18.8 Å². The minimum absolute atomic E-state index is 0.0159. The van der Waals surface area contributed by atoms with Crippen molar-refractivity contribution in [3.8, 4) is 0 Å². The molecule has 1 aromatic rings. The number of aromatic nitrogens is 1. The van der Waals surface area contributed by atoms with Crippen molar-refractivity contribution in [3.63, 3.8) is 0 Å². The van der Waals surface area contributed by atoms with Gasteiger partial charge in [0.1, 0.15) is 29.3 Å². The highest BCUT2D eigenvalue weighted by atomic mass is 32.1. The van der Waals surface area contributed by atoms with E-state index in [2.05, 4.69) is 36.7 Å². The molecule has 270 valence electrons. The molecule has 0 aromatic carbocycles. The smallest absolute Gasteiger partial charge is 0.410 e. The average Bonchev–Trinajstić information content (AvgIpc) is 3.30. The van der Waals surface area contributed by atoms with E-state index in [0.717, 1.165) is 35.0 Å². The van der Waals surface area contributed by atoms with Crippen LogP contribution in [-0.4, -0.2) is 97.8 Å². The predicted octanol–water partition coefficient (Wildman–Crippen LogP) is 4.19. The number of nitrogens with zero attached hydrogens (tertiary/aromatic N) is 3. The first-order valence-electron chi connectivity index (χ1n) is 17.2. The summed E-state index contributed by atoms with van der Waals surface area (Å²) in [6, 6.07) is -2.11. The summed E-state index contributed by atoms with van der Waals surface area (Å²) >= 11 is 1.50. The fraction of sp³-hybridized carbons (Fsp3) is 0.706. The number of anilines is 1. The quantitative estimate of drug-likeness (QED) is 0.333. The molecule has 2 fully saturated rings. The summed E-state index contributed by atoms with van der Waals surface area (Å²) in [7, 11) is 0. The summed E-state index contributed by atoms with van der Waals surface area (Å²) in [6.07, 6.45) is 5.72. The highest BCUT2D eigenvalue weighted by Gasteiger charge is 2.61. The molecule has 14 nitrogen and oxygen atoms in total. The van der Waals surface area contributed by atoms with Crippen LogP contribution in [0.2, 0.25) is 0 Å². The lowest BCUT2D eigenvalue weighted by Crippen LogP contribution is -2.56. The van der Waals surface area contributed by atoms with Crippen LogP contribution in [-0.2, 0) is 36.8 Å². The van der Waals surface area contributed by atoms with Crippen molar-refractivity contribution in [2.24, 2.45) is 5.92 Å². The van der Waals surface area contributed by atoms with Crippen molar-refractivity contribution in [3.05, 3.63) is 22.7 Å². The van der Waals surface area contributed by atoms with Crippen molar-refractivity contribution < 1.29 is 38.6 Å².